The van der Waals surface area contributed by atoms with E-state index in [2.05, 4.69) is 17.2 Å². The van der Waals surface area contributed by atoms with E-state index in [4.69, 9.17) is 0 Å². The number of alkyl halides is 3. The van der Waals surface area contributed by atoms with E-state index in [9.17, 15) is 18.0 Å². The Morgan fingerprint density at radius 2 is 2.00 bits per heavy atom. The van der Waals surface area contributed by atoms with E-state index >= 15 is 0 Å². The highest BCUT2D eigenvalue weighted by molar-refractivity contribution is 5.89. The number of hydrogen-bond donors (Lipinski definition) is 2. The predicted octanol–water partition coefficient (Wildman–Crippen LogP) is 3.09. The molecular formula is C15H18F3N3O. The molecule has 7 heteroatoms. The zero-order valence-corrected chi connectivity index (χ0v) is 12.2. The van der Waals surface area contributed by atoms with Crippen molar-refractivity contribution in [2.75, 3.05) is 25.0 Å². The zero-order chi connectivity index (χ0) is 16.3. The standard InChI is InChI=1S/C15H18F3N3O/c1-10-9-19-7-8-21(10)14(22)20-13-5-3-12(4-6-13)11(2)15(16,17)18/h3-6,10,19H,2,7-9H2,1H3,(H,20,22). The molecule has 2 N–H and O–H groups in total. The summed E-state index contributed by atoms with van der Waals surface area (Å²) in [5.74, 6) is 0. The van der Waals surface area contributed by atoms with Crippen molar-refractivity contribution >= 4 is 17.3 Å². The lowest BCUT2D eigenvalue weighted by Gasteiger charge is -2.33. The van der Waals surface area contributed by atoms with Crippen LogP contribution in [-0.4, -0.2) is 42.8 Å². The molecule has 1 unspecified atom stereocenters. The first-order valence-corrected chi connectivity index (χ1v) is 6.94. The highest BCUT2D eigenvalue weighted by atomic mass is 19.4. The van der Waals surface area contributed by atoms with Crippen molar-refractivity contribution in [3.8, 4) is 0 Å². The smallest absolute Gasteiger partial charge is 0.319 e. The minimum Gasteiger partial charge on any atom is -0.319 e. The van der Waals surface area contributed by atoms with E-state index in [1.807, 2.05) is 6.92 Å². The van der Waals surface area contributed by atoms with E-state index in [0.717, 1.165) is 13.1 Å². The molecule has 2 rings (SSSR count). The van der Waals surface area contributed by atoms with Crippen LogP contribution < -0.4 is 10.6 Å². The molecule has 1 fully saturated rings. The summed E-state index contributed by atoms with van der Waals surface area (Å²) < 4.78 is 37.6. The number of rotatable bonds is 2. The summed E-state index contributed by atoms with van der Waals surface area (Å²) in [5, 5.41) is 5.87. The third-order valence-electron chi connectivity index (χ3n) is 3.59. The highest BCUT2D eigenvalue weighted by Crippen LogP contribution is 2.32. The van der Waals surface area contributed by atoms with Gasteiger partial charge in [0.2, 0.25) is 0 Å². The fraction of sp³-hybridized carbons (Fsp3) is 0.400. The number of carbonyl (C=O) groups excluding carboxylic acids is 1. The van der Waals surface area contributed by atoms with Crippen molar-refractivity contribution in [3.63, 3.8) is 0 Å². The van der Waals surface area contributed by atoms with Gasteiger partial charge in [-0.25, -0.2) is 4.79 Å². The van der Waals surface area contributed by atoms with Crippen molar-refractivity contribution in [1.82, 2.24) is 10.2 Å². The average molecular weight is 313 g/mol. The topological polar surface area (TPSA) is 44.4 Å². The largest absolute Gasteiger partial charge is 0.416 e. The summed E-state index contributed by atoms with van der Waals surface area (Å²) in [5.41, 5.74) is -0.461. The number of benzene rings is 1. The number of allylic oxidation sites excluding steroid dienone is 1. The van der Waals surface area contributed by atoms with Crippen molar-refractivity contribution in [2.24, 2.45) is 0 Å². The summed E-state index contributed by atoms with van der Waals surface area (Å²) in [6.45, 7) is 7.01. The number of urea groups is 1. The molecule has 0 saturated carbocycles. The quantitative estimate of drug-likeness (QED) is 0.881. The SMILES string of the molecule is C=C(c1ccc(NC(=O)N2CCNCC2C)cc1)C(F)(F)F. The predicted molar refractivity (Wildman–Crippen MR) is 79.6 cm³/mol. The minimum atomic E-state index is -4.46. The number of hydrogen-bond acceptors (Lipinski definition) is 2. The second-order valence-corrected chi connectivity index (χ2v) is 5.23. The van der Waals surface area contributed by atoms with Gasteiger partial charge in [0.25, 0.3) is 0 Å². The number of carbonyl (C=O) groups is 1. The van der Waals surface area contributed by atoms with Crippen LogP contribution in [0, 0.1) is 0 Å². The number of halogens is 3. The maximum Gasteiger partial charge on any atom is 0.416 e. The molecule has 1 atom stereocenters. The average Bonchev–Trinajstić information content (AvgIpc) is 2.46. The lowest BCUT2D eigenvalue weighted by Crippen LogP contribution is -2.53. The van der Waals surface area contributed by atoms with Crippen LogP contribution in [0.2, 0.25) is 0 Å². The third kappa shape index (κ3) is 3.79. The summed E-state index contributed by atoms with van der Waals surface area (Å²) in [7, 11) is 0. The summed E-state index contributed by atoms with van der Waals surface area (Å²) >= 11 is 0. The molecule has 1 aliphatic rings. The van der Waals surface area contributed by atoms with Gasteiger partial charge >= 0.3 is 12.2 Å². The molecule has 1 aromatic rings. The molecule has 1 aliphatic heterocycles. The van der Waals surface area contributed by atoms with Crippen LogP contribution in [0.25, 0.3) is 5.57 Å². The van der Waals surface area contributed by atoms with Gasteiger partial charge < -0.3 is 15.5 Å². The van der Waals surface area contributed by atoms with Crippen molar-refractivity contribution in [2.45, 2.75) is 19.1 Å². The molecule has 0 aliphatic carbocycles. The Morgan fingerprint density at radius 1 is 1.36 bits per heavy atom. The van der Waals surface area contributed by atoms with E-state index in [1.54, 1.807) is 4.90 Å². The summed E-state index contributed by atoms with van der Waals surface area (Å²) in [4.78, 5) is 13.8. The molecule has 1 saturated heterocycles. The second-order valence-electron chi connectivity index (χ2n) is 5.23. The van der Waals surface area contributed by atoms with E-state index < -0.39 is 11.7 Å². The van der Waals surface area contributed by atoms with Gasteiger partial charge in [-0.1, -0.05) is 18.7 Å². The van der Waals surface area contributed by atoms with Gasteiger partial charge in [-0.05, 0) is 24.6 Å². The Labute approximate surface area is 127 Å². The fourth-order valence-corrected chi connectivity index (χ4v) is 2.26. The Balaban J connectivity index is 2.02. The number of amides is 2. The maximum absolute atomic E-state index is 12.5. The molecule has 1 aromatic carbocycles. The second kappa shape index (κ2) is 6.39. The number of nitrogens with zero attached hydrogens (tertiary/aromatic N) is 1. The van der Waals surface area contributed by atoms with Gasteiger partial charge in [-0.3, -0.25) is 0 Å². The summed E-state index contributed by atoms with van der Waals surface area (Å²) in [6.07, 6.45) is -4.46. The van der Waals surface area contributed by atoms with Gasteiger partial charge in [0, 0.05) is 31.4 Å². The lowest BCUT2D eigenvalue weighted by molar-refractivity contribution is -0.0686. The Morgan fingerprint density at radius 3 is 2.55 bits per heavy atom. The van der Waals surface area contributed by atoms with Crippen LogP contribution in [0.4, 0.5) is 23.7 Å². The molecule has 4 nitrogen and oxygen atoms in total. The third-order valence-corrected chi connectivity index (χ3v) is 3.59. The number of nitrogens with one attached hydrogen (secondary N) is 2. The first kappa shape index (κ1) is 16.4. The highest BCUT2D eigenvalue weighted by Gasteiger charge is 2.32. The van der Waals surface area contributed by atoms with Crippen molar-refractivity contribution in [3.05, 3.63) is 36.4 Å². The van der Waals surface area contributed by atoms with Crippen LogP contribution >= 0.6 is 0 Å². The Kier molecular flexibility index (Phi) is 4.75. The number of anilines is 1. The van der Waals surface area contributed by atoms with Crippen LogP contribution in [0.1, 0.15) is 12.5 Å². The van der Waals surface area contributed by atoms with Gasteiger partial charge in [0.15, 0.2) is 0 Å². The summed E-state index contributed by atoms with van der Waals surface area (Å²) in [6, 6.07) is 5.29. The molecule has 2 amide bonds. The zero-order valence-electron chi connectivity index (χ0n) is 12.2. The molecule has 1 heterocycles. The van der Waals surface area contributed by atoms with Crippen LogP contribution in [0.5, 0.6) is 0 Å². The van der Waals surface area contributed by atoms with E-state index in [0.29, 0.717) is 12.2 Å². The number of piperazine rings is 1. The molecular weight excluding hydrogens is 295 g/mol. The minimum absolute atomic E-state index is 0.0129. The van der Waals surface area contributed by atoms with Crippen LogP contribution in [-0.2, 0) is 0 Å². The maximum atomic E-state index is 12.5. The van der Waals surface area contributed by atoms with E-state index in [-0.39, 0.29) is 17.6 Å². The first-order valence-electron chi connectivity index (χ1n) is 6.94. The van der Waals surface area contributed by atoms with Crippen molar-refractivity contribution < 1.29 is 18.0 Å². The normalized spacial score (nSPS) is 18.9. The van der Waals surface area contributed by atoms with Crippen LogP contribution in [0.15, 0.2) is 30.8 Å². The molecule has 0 bridgehead atoms. The Bertz CT molecular complexity index is 554. The molecule has 22 heavy (non-hydrogen) atoms. The van der Waals surface area contributed by atoms with Crippen LogP contribution in [0.3, 0.4) is 0 Å². The lowest BCUT2D eigenvalue weighted by atomic mass is 10.1. The first-order chi connectivity index (χ1) is 10.3. The van der Waals surface area contributed by atoms with E-state index in [1.165, 1.54) is 24.3 Å². The fourth-order valence-electron chi connectivity index (χ4n) is 2.26. The monoisotopic (exact) mass is 313 g/mol. The molecule has 0 spiro atoms. The molecule has 0 radical (unpaired) electrons. The Hall–Kier alpha value is -2.02. The van der Waals surface area contributed by atoms with Gasteiger partial charge in [-0.15, -0.1) is 0 Å². The molecule has 0 aromatic heterocycles. The molecule has 120 valence electrons. The van der Waals surface area contributed by atoms with Gasteiger partial charge in [0.05, 0.1) is 5.57 Å². The van der Waals surface area contributed by atoms with Crippen molar-refractivity contribution in [1.29, 1.82) is 0 Å². The van der Waals surface area contributed by atoms with Gasteiger partial charge in [-0.2, -0.15) is 13.2 Å². The van der Waals surface area contributed by atoms with Gasteiger partial charge in [0.1, 0.15) is 0 Å².